The smallest absolute Gasteiger partial charge is 0.225 e. The van der Waals surface area contributed by atoms with Crippen molar-refractivity contribution in [3.63, 3.8) is 0 Å². The van der Waals surface area contributed by atoms with Crippen LogP contribution in [0.4, 0.5) is 0 Å². The fraction of sp³-hybridized carbons (Fsp3) is 0.667. The molecule has 28 heavy (non-hydrogen) atoms. The second-order valence-corrected chi connectivity index (χ2v) is 10.8. The summed E-state index contributed by atoms with van der Waals surface area (Å²) in [5.74, 6) is 1.38. The first-order valence-corrected chi connectivity index (χ1v) is 11.2. The number of carbonyl (C=O) groups excluding carboxylic acids is 2. The van der Waals surface area contributed by atoms with Gasteiger partial charge in [0.15, 0.2) is 0 Å². The maximum atomic E-state index is 12.9. The third kappa shape index (κ3) is 3.75. The Morgan fingerprint density at radius 3 is 2.43 bits per heavy atom. The topological polar surface area (TPSA) is 37.4 Å². The van der Waals surface area contributed by atoms with Gasteiger partial charge >= 0.3 is 0 Å². The summed E-state index contributed by atoms with van der Waals surface area (Å²) in [6.45, 7) is 8.28. The zero-order valence-electron chi connectivity index (χ0n) is 17.4. The second kappa shape index (κ2) is 7.16. The second-order valence-electron chi connectivity index (χ2n) is 10.4. The minimum absolute atomic E-state index is 0.0333. The number of amides is 1. The highest BCUT2D eigenvalue weighted by Crippen LogP contribution is 2.55. The van der Waals surface area contributed by atoms with Crippen LogP contribution in [0.1, 0.15) is 82.8 Å². The molecule has 1 amide bonds. The highest BCUT2D eigenvalue weighted by atomic mass is 35.5. The Morgan fingerprint density at radius 2 is 1.86 bits per heavy atom. The summed E-state index contributed by atoms with van der Waals surface area (Å²) in [7, 11) is 0. The van der Waals surface area contributed by atoms with Gasteiger partial charge in [-0.05, 0) is 66.0 Å². The molecule has 2 saturated carbocycles. The molecule has 4 heteroatoms. The zero-order valence-corrected chi connectivity index (χ0v) is 18.1. The number of nitrogens with zero attached hydrogens (tertiary/aromatic N) is 1. The monoisotopic (exact) mass is 401 g/mol. The fourth-order valence-corrected chi connectivity index (χ4v) is 5.97. The predicted octanol–water partition coefficient (Wildman–Crippen LogP) is 5.49. The summed E-state index contributed by atoms with van der Waals surface area (Å²) >= 11 is 6.43. The summed E-state index contributed by atoms with van der Waals surface area (Å²) in [5, 5.41) is 0.841. The standard InChI is InChI=1S/C24H32ClNO2/c1-23(2,3)20-12-17(4-5-21(20)25)16-7-10-26(11-8-16)22(28)18-13-24(14-18)9-6-19(27)15-24/h4-5,12,16,18H,6-11,13-15H2,1-3H3. The van der Waals surface area contributed by atoms with Gasteiger partial charge in [-0.25, -0.2) is 0 Å². The molecule has 0 bridgehead atoms. The molecule has 1 aromatic rings. The SMILES string of the molecule is CC(C)(C)c1cc(C2CCN(C(=O)C3CC4(CCC(=O)C4)C3)CC2)ccc1Cl. The Kier molecular flexibility index (Phi) is 5.10. The maximum absolute atomic E-state index is 12.9. The first kappa shape index (κ1) is 19.9. The molecule has 152 valence electrons. The Hall–Kier alpha value is -1.35. The summed E-state index contributed by atoms with van der Waals surface area (Å²) in [6, 6.07) is 6.47. The van der Waals surface area contributed by atoms with E-state index < -0.39 is 0 Å². The summed E-state index contributed by atoms with van der Waals surface area (Å²) < 4.78 is 0. The molecule has 3 fully saturated rings. The normalized spacial score (nSPS) is 28.6. The van der Waals surface area contributed by atoms with Crippen LogP contribution in [0.25, 0.3) is 0 Å². The Morgan fingerprint density at radius 1 is 1.18 bits per heavy atom. The van der Waals surface area contributed by atoms with Gasteiger partial charge in [-0.1, -0.05) is 44.5 Å². The lowest BCUT2D eigenvalue weighted by Crippen LogP contribution is -2.48. The molecule has 3 aliphatic rings. The highest BCUT2D eigenvalue weighted by molar-refractivity contribution is 6.31. The van der Waals surface area contributed by atoms with E-state index >= 15 is 0 Å². The van der Waals surface area contributed by atoms with Crippen LogP contribution in [0.2, 0.25) is 5.02 Å². The molecule has 0 atom stereocenters. The lowest BCUT2D eigenvalue weighted by atomic mass is 9.60. The van der Waals surface area contributed by atoms with Gasteiger partial charge in [0.05, 0.1) is 0 Å². The summed E-state index contributed by atoms with van der Waals surface area (Å²) in [4.78, 5) is 26.6. The number of piperidine rings is 1. The van der Waals surface area contributed by atoms with Gasteiger partial charge in [0.1, 0.15) is 5.78 Å². The number of likely N-dealkylation sites (tertiary alicyclic amines) is 1. The van der Waals surface area contributed by atoms with Crippen LogP contribution in [-0.2, 0) is 15.0 Å². The molecule has 0 N–H and O–H groups in total. The van der Waals surface area contributed by atoms with Gasteiger partial charge in [-0.15, -0.1) is 0 Å². The van der Waals surface area contributed by atoms with Gasteiger partial charge in [-0.2, -0.15) is 0 Å². The predicted molar refractivity (Wildman–Crippen MR) is 113 cm³/mol. The Labute approximate surface area is 173 Å². The Balaban J connectivity index is 1.34. The van der Waals surface area contributed by atoms with Crippen molar-refractivity contribution < 1.29 is 9.59 Å². The zero-order chi connectivity index (χ0) is 20.1. The van der Waals surface area contributed by atoms with Crippen LogP contribution >= 0.6 is 11.6 Å². The van der Waals surface area contributed by atoms with E-state index in [0.29, 0.717) is 24.0 Å². The number of hydrogen-bond donors (Lipinski definition) is 0. The lowest BCUT2D eigenvalue weighted by molar-refractivity contribution is -0.145. The number of hydrogen-bond acceptors (Lipinski definition) is 2. The molecule has 1 saturated heterocycles. The first-order valence-electron chi connectivity index (χ1n) is 10.8. The third-order valence-corrected chi connectivity index (χ3v) is 7.62. The van der Waals surface area contributed by atoms with E-state index in [0.717, 1.165) is 56.6 Å². The molecule has 4 rings (SSSR count). The van der Waals surface area contributed by atoms with Crippen molar-refractivity contribution in [1.82, 2.24) is 4.90 Å². The highest BCUT2D eigenvalue weighted by Gasteiger charge is 2.51. The number of ketones is 1. The van der Waals surface area contributed by atoms with Crippen LogP contribution < -0.4 is 0 Å². The van der Waals surface area contributed by atoms with Crippen molar-refractivity contribution in [2.75, 3.05) is 13.1 Å². The molecule has 1 spiro atoms. The Bertz CT molecular complexity index is 780. The van der Waals surface area contributed by atoms with Crippen LogP contribution in [0.15, 0.2) is 18.2 Å². The van der Waals surface area contributed by atoms with Crippen LogP contribution in [0.3, 0.4) is 0 Å². The molecule has 1 heterocycles. The van der Waals surface area contributed by atoms with Gasteiger partial charge in [0.25, 0.3) is 0 Å². The van der Waals surface area contributed by atoms with Crippen molar-refractivity contribution in [2.24, 2.45) is 11.3 Å². The third-order valence-electron chi connectivity index (χ3n) is 7.29. The van der Waals surface area contributed by atoms with E-state index in [1.807, 2.05) is 6.07 Å². The van der Waals surface area contributed by atoms with Gasteiger partial charge in [0.2, 0.25) is 5.91 Å². The van der Waals surface area contributed by atoms with Crippen molar-refractivity contribution in [3.05, 3.63) is 34.3 Å². The molecule has 0 radical (unpaired) electrons. The first-order chi connectivity index (χ1) is 13.2. The number of halogens is 1. The lowest BCUT2D eigenvalue weighted by Gasteiger charge is -2.46. The van der Waals surface area contributed by atoms with Crippen LogP contribution in [-0.4, -0.2) is 29.7 Å². The van der Waals surface area contributed by atoms with E-state index in [9.17, 15) is 9.59 Å². The average Bonchev–Trinajstić information content (AvgIpc) is 3.02. The number of carbonyl (C=O) groups is 2. The average molecular weight is 402 g/mol. The minimum atomic E-state index is 0.0333. The van der Waals surface area contributed by atoms with E-state index in [1.54, 1.807) is 0 Å². The molecule has 0 unspecified atom stereocenters. The van der Waals surface area contributed by atoms with Gasteiger partial charge in [0, 0.05) is 36.9 Å². The number of rotatable bonds is 2. The van der Waals surface area contributed by atoms with E-state index in [-0.39, 0.29) is 16.7 Å². The van der Waals surface area contributed by atoms with Crippen molar-refractivity contribution >= 4 is 23.3 Å². The molecule has 1 aliphatic heterocycles. The maximum Gasteiger partial charge on any atom is 0.225 e. The molecule has 1 aromatic carbocycles. The van der Waals surface area contributed by atoms with Crippen LogP contribution in [0, 0.1) is 11.3 Å². The van der Waals surface area contributed by atoms with Crippen molar-refractivity contribution in [1.29, 1.82) is 0 Å². The minimum Gasteiger partial charge on any atom is -0.342 e. The molecular formula is C24H32ClNO2. The van der Waals surface area contributed by atoms with Gasteiger partial charge in [-0.3, -0.25) is 9.59 Å². The summed E-state index contributed by atoms with van der Waals surface area (Å²) in [5.41, 5.74) is 2.78. The fourth-order valence-electron chi connectivity index (χ4n) is 5.57. The largest absolute Gasteiger partial charge is 0.342 e. The van der Waals surface area contributed by atoms with Crippen LogP contribution in [0.5, 0.6) is 0 Å². The molecule has 3 nitrogen and oxygen atoms in total. The van der Waals surface area contributed by atoms with E-state index in [2.05, 4.69) is 37.8 Å². The van der Waals surface area contributed by atoms with E-state index in [4.69, 9.17) is 11.6 Å². The van der Waals surface area contributed by atoms with Gasteiger partial charge < -0.3 is 4.90 Å². The molecule has 2 aliphatic carbocycles. The van der Waals surface area contributed by atoms with Crippen molar-refractivity contribution in [2.45, 2.75) is 77.0 Å². The number of Topliss-reactive ketones (excluding diaryl/α,β-unsaturated/α-hetero) is 1. The van der Waals surface area contributed by atoms with Crippen molar-refractivity contribution in [3.8, 4) is 0 Å². The summed E-state index contributed by atoms with van der Waals surface area (Å²) in [6.07, 6.45) is 6.35. The quantitative estimate of drug-likeness (QED) is 0.656. The number of benzene rings is 1. The molecule has 0 aromatic heterocycles. The molecular weight excluding hydrogens is 370 g/mol. The van der Waals surface area contributed by atoms with E-state index in [1.165, 1.54) is 11.1 Å².